The Balaban J connectivity index is 3.55. The van der Waals surface area contributed by atoms with E-state index in [-0.39, 0.29) is 0 Å². The molecule has 6 heteroatoms. The van der Waals surface area contributed by atoms with Crippen molar-refractivity contribution in [3.8, 4) is 0 Å². The molecule has 8 heavy (non-hydrogen) atoms. The number of hydrogen-bond donors (Lipinski definition) is 3. The highest BCUT2D eigenvalue weighted by Crippen LogP contribution is 2.45. The summed E-state index contributed by atoms with van der Waals surface area (Å²) in [6.45, 7) is 0.956. The molecule has 5 nitrogen and oxygen atoms in total. The van der Waals surface area contributed by atoms with Gasteiger partial charge >= 0.3 is 14.1 Å². The van der Waals surface area contributed by atoms with E-state index in [0.717, 1.165) is 6.92 Å². The lowest BCUT2D eigenvalue weighted by Gasteiger charge is -1.96. The van der Waals surface area contributed by atoms with Crippen LogP contribution in [0.2, 0.25) is 0 Å². The van der Waals surface area contributed by atoms with Crippen LogP contribution in [0.1, 0.15) is 6.92 Å². The standard InChI is InChI=1S/C2H6O5P/c1-2(3)7-8(4,5)6/h4-6H,1H3/q+1. The van der Waals surface area contributed by atoms with Gasteiger partial charge in [-0.15, -0.1) is 0 Å². The van der Waals surface area contributed by atoms with Crippen LogP contribution in [0, 0.1) is 0 Å². The van der Waals surface area contributed by atoms with Gasteiger partial charge in [0.1, 0.15) is 0 Å². The Labute approximate surface area is 46.2 Å². The average Bonchev–Trinajstić information content (AvgIpc) is 1.21. The van der Waals surface area contributed by atoms with Crippen molar-refractivity contribution in [3.05, 3.63) is 0 Å². The molecule has 0 aromatic heterocycles. The van der Waals surface area contributed by atoms with Crippen molar-refractivity contribution in [2.24, 2.45) is 0 Å². The van der Waals surface area contributed by atoms with Crippen LogP contribution in [-0.2, 0) is 9.32 Å². The highest BCUT2D eigenvalue weighted by Gasteiger charge is 2.36. The molecule has 3 N–H and O–H groups in total. The van der Waals surface area contributed by atoms with Crippen LogP contribution in [0.3, 0.4) is 0 Å². The van der Waals surface area contributed by atoms with E-state index >= 15 is 0 Å². The Hall–Kier alpha value is -0.220. The molecule has 0 unspecified atom stereocenters. The van der Waals surface area contributed by atoms with Crippen molar-refractivity contribution in [1.29, 1.82) is 0 Å². The summed E-state index contributed by atoms with van der Waals surface area (Å²) in [5, 5.41) is 0. The Morgan fingerprint density at radius 2 is 1.88 bits per heavy atom. The fourth-order valence-electron chi connectivity index (χ4n) is 0.172. The lowest BCUT2D eigenvalue weighted by Crippen LogP contribution is -2.00. The Kier molecular flexibility index (Phi) is 2.30. The molecule has 0 bridgehead atoms. The highest BCUT2D eigenvalue weighted by atomic mass is 31.2. The third kappa shape index (κ3) is 5.78. The van der Waals surface area contributed by atoms with E-state index in [0.29, 0.717) is 0 Å². The van der Waals surface area contributed by atoms with Crippen molar-refractivity contribution >= 4 is 14.1 Å². The fraction of sp³-hybridized carbons (Fsp3) is 0.500. The monoisotopic (exact) mass is 141 g/mol. The molecular formula is C2H6O5P+. The molecule has 0 atom stereocenters. The summed E-state index contributed by atoms with van der Waals surface area (Å²) in [5.41, 5.74) is 0. The maximum atomic E-state index is 9.78. The molecule has 0 fully saturated rings. The van der Waals surface area contributed by atoms with Crippen molar-refractivity contribution < 1.29 is 24.0 Å². The normalized spacial score (nSPS) is 11.0. The molecule has 0 aliphatic carbocycles. The molecule has 0 amide bonds. The summed E-state index contributed by atoms with van der Waals surface area (Å²) in [6.07, 6.45) is 0. The lowest BCUT2D eigenvalue weighted by molar-refractivity contribution is -0.133. The van der Waals surface area contributed by atoms with Gasteiger partial charge in [0.15, 0.2) is 0 Å². The van der Waals surface area contributed by atoms with Gasteiger partial charge in [-0.2, -0.15) is 14.7 Å². The fourth-order valence-corrected chi connectivity index (χ4v) is 0.517. The summed E-state index contributed by atoms with van der Waals surface area (Å²) < 4.78 is 3.58. The number of rotatable bonds is 1. The molecule has 0 radical (unpaired) electrons. The van der Waals surface area contributed by atoms with Crippen molar-refractivity contribution in [3.63, 3.8) is 0 Å². The van der Waals surface area contributed by atoms with Crippen LogP contribution in [0.5, 0.6) is 0 Å². The third-order valence-corrected chi connectivity index (χ3v) is 0.753. The second-order valence-corrected chi connectivity index (χ2v) is 2.31. The van der Waals surface area contributed by atoms with Crippen LogP contribution in [0.15, 0.2) is 0 Å². The first kappa shape index (κ1) is 7.78. The van der Waals surface area contributed by atoms with Crippen molar-refractivity contribution in [2.45, 2.75) is 6.92 Å². The minimum Gasteiger partial charge on any atom is -0.247 e. The van der Waals surface area contributed by atoms with Crippen LogP contribution in [0.25, 0.3) is 0 Å². The predicted octanol–water partition coefficient (Wildman–Crippen LogP) is -0.796. The Bertz CT molecular complexity index is 93.1. The van der Waals surface area contributed by atoms with E-state index in [4.69, 9.17) is 14.7 Å². The molecule has 0 aliphatic rings. The molecule has 0 aromatic rings. The van der Waals surface area contributed by atoms with Crippen molar-refractivity contribution in [2.75, 3.05) is 0 Å². The number of carbonyl (C=O) groups is 1. The molecule has 0 aliphatic heterocycles. The molecule has 48 valence electrons. The van der Waals surface area contributed by atoms with Crippen LogP contribution >= 0.6 is 8.17 Å². The first-order valence-electron chi connectivity index (χ1n) is 1.69. The number of carbonyl (C=O) groups excluding carboxylic acids is 1. The molecule has 0 rings (SSSR count). The zero-order chi connectivity index (χ0) is 6.78. The second kappa shape index (κ2) is 2.37. The summed E-state index contributed by atoms with van der Waals surface area (Å²) in [4.78, 5) is 33.7. The lowest BCUT2D eigenvalue weighted by atomic mass is 10.9. The van der Waals surface area contributed by atoms with Gasteiger partial charge < -0.3 is 0 Å². The van der Waals surface area contributed by atoms with Gasteiger partial charge in [0.25, 0.3) is 0 Å². The summed E-state index contributed by atoms with van der Waals surface area (Å²) in [5.74, 6) is -0.925. The predicted molar refractivity (Wildman–Crippen MR) is 25.3 cm³/mol. The Morgan fingerprint density at radius 1 is 1.50 bits per heavy atom. The molecule has 0 spiro atoms. The van der Waals surface area contributed by atoms with E-state index < -0.39 is 14.1 Å². The van der Waals surface area contributed by atoms with E-state index in [1.165, 1.54) is 0 Å². The van der Waals surface area contributed by atoms with Crippen molar-refractivity contribution in [1.82, 2.24) is 0 Å². The quantitative estimate of drug-likeness (QED) is 0.416. The van der Waals surface area contributed by atoms with Crippen LogP contribution < -0.4 is 0 Å². The molecule has 0 saturated carbocycles. The van der Waals surface area contributed by atoms with Gasteiger partial charge in [0.2, 0.25) is 0 Å². The minimum atomic E-state index is -4.32. The van der Waals surface area contributed by atoms with Gasteiger partial charge in [-0.25, -0.2) is 9.32 Å². The SMILES string of the molecule is CC(=O)O[P+](O)(O)O. The van der Waals surface area contributed by atoms with Gasteiger partial charge in [0.05, 0.1) is 0 Å². The van der Waals surface area contributed by atoms with Crippen LogP contribution in [-0.4, -0.2) is 20.6 Å². The topological polar surface area (TPSA) is 87.0 Å². The maximum Gasteiger partial charge on any atom is 0.616 e. The van der Waals surface area contributed by atoms with Gasteiger partial charge in [-0.3, -0.25) is 0 Å². The molecule has 0 saturated heterocycles. The molecule has 0 aromatic carbocycles. The van der Waals surface area contributed by atoms with E-state index in [2.05, 4.69) is 4.52 Å². The first-order valence-corrected chi connectivity index (χ1v) is 3.26. The van der Waals surface area contributed by atoms with Gasteiger partial charge in [0, 0.05) is 6.92 Å². The smallest absolute Gasteiger partial charge is 0.247 e. The summed E-state index contributed by atoms with van der Waals surface area (Å²) in [6, 6.07) is 0. The van der Waals surface area contributed by atoms with Gasteiger partial charge in [-0.05, 0) is 0 Å². The summed E-state index contributed by atoms with van der Waals surface area (Å²) >= 11 is 0. The van der Waals surface area contributed by atoms with E-state index in [9.17, 15) is 4.79 Å². The zero-order valence-electron chi connectivity index (χ0n) is 4.11. The summed E-state index contributed by atoms with van der Waals surface area (Å²) in [7, 11) is -4.32. The zero-order valence-corrected chi connectivity index (χ0v) is 5.00. The molecule has 0 heterocycles. The van der Waals surface area contributed by atoms with E-state index in [1.807, 2.05) is 0 Å². The Morgan fingerprint density at radius 3 is 1.88 bits per heavy atom. The third-order valence-electron chi connectivity index (χ3n) is 0.251. The first-order chi connectivity index (χ1) is 3.42. The molecular weight excluding hydrogens is 135 g/mol. The largest absolute Gasteiger partial charge is 0.616 e. The second-order valence-electron chi connectivity index (χ2n) is 1.10. The van der Waals surface area contributed by atoms with Crippen LogP contribution in [0.4, 0.5) is 0 Å². The maximum absolute atomic E-state index is 9.78. The van der Waals surface area contributed by atoms with Gasteiger partial charge in [-0.1, -0.05) is 0 Å². The highest BCUT2D eigenvalue weighted by molar-refractivity contribution is 7.53. The minimum absolute atomic E-state index is 0.925. The average molecular weight is 141 g/mol. The number of hydrogen-bond acceptors (Lipinski definition) is 5. The van der Waals surface area contributed by atoms with E-state index in [1.54, 1.807) is 0 Å².